The molecule has 0 aliphatic heterocycles. The van der Waals surface area contributed by atoms with Crippen LogP contribution in [-0.4, -0.2) is 37.2 Å². The van der Waals surface area contributed by atoms with Crippen LogP contribution < -0.4 is 11.1 Å². The first kappa shape index (κ1) is 25.1. The average molecular weight is 490 g/mol. The summed E-state index contributed by atoms with van der Waals surface area (Å²) in [4.78, 5) is 29.0. The zero-order chi connectivity index (χ0) is 25.3. The van der Waals surface area contributed by atoms with E-state index in [0.717, 1.165) is 11.1 Å². The number of amides is 1. The van der Waals surface area contributed by atoms with Gasteiger partial charge in [-0.2, -0.15) is 18.2 Å². The fraction of sp³-hybridized carbons (Fsp3) is 0.273. The van der Waals surface area contributed by atoms with Gasteiger partial charge in [0.2, 0.25) is 0 Å². The molecule has 0 unspecified atom stereocenters. The highest BCUT2D eigenvalue weighted by Crippen LogP contribution is 2.29. The molecule has 0 bridgehead atoms. The van der Waals surface area contributed by atoms with E-state index in [2.05, 4.69) is 46.0 Å². The maximum Gasteiger partial charge on any atom is 0.439 e. The lowest BCUT2D eigenvalue weighted by Gasteiger charge is -2.19. The first-order valence-corrected chi connectivity index (χ1v) is 10.8. The van der Waals surface area contributed by atoms with Crippen LogP contribution in [-0.2, 0) is 5.41 Å². The molecule has 0 aliphatic carbocycles. The molecule has 0 aliphatic rings. The predicted octanol–water partition coefficient (Wildman–Crippen LogP) is 5.10. The van der Waals surface area contributed by atoms with Crippen LogP contribution in [0.3, 0.4) is 0 Å². The summed E-state index contributed by atoms with van der Waals surface area (Å²) in [6.07, 6.45) is -1.70. The van der Waals surface area contributed by atoms with Crippen molar-refractivity contribution in [2.75, 3.05) is 5.32 Å². The Kier molecular flexibility index (Phi) is 6.92. The maximum atomic E-state index is 12.5. The second-order valence-corrected chi connectivity index (χ2v) is 9.43. The molecule has 0 saturated heterocycles. The second-order valence-electron chi connectivity index (χ2n) is 8.40. The van der Waals surface area contributed by atoms with Gasteiger partial charge in [0.1, 0.15) is 11.8 Å². The summed E-state index contributed by atoms with van der Waals surface area (Å²) in [6.45, 7) is 8.02. The Morgan fingerprint density at radius 1 is 1.15 bits per heavy atom. The van der Waals surface area contributed by atoms with Crippen LogP contribution in [0, 0.1) is 12.3 Å². The lowest BCUT2D eigenvalue weighted by Crippen LogP contribution is -2.23. The van der Waals surface area contributed by atoms with Gasteiger partial charge >= 0.3 is 6.18 Å². The third-order valence-electron chi connectivity index (χ3n) is 4.75. The molecule has 12 heteroatoms. The number of amidine groups is 1. The quantitative estimate of drug-likeness (QED) is 0.345. The monoisotopic (exact) mass is 489 g/mol. The van der Waals surface area contributed by atoms with Crippen LogP contribution in [0.1, 0.15) is 42.3 Å². The Hall–Kier alpha value is -3.54. The van der Waals surface area contributed by atoms with E-state index in [0.29, 0.717) is 22.5 Å². The van der Waals surface area contributed by atoms with Crippen molar-refractivity contribution >= 4 is 50.4 Å². The molecule has 0 saturated carbocycles. The number of nitrogens with one attached hydrogen (secondary N) is 2. The number of thioether (sulfide) groups is 1. The third-order valence-corrected chi connectivity index (χ3v) is 5.49. The molecule has 1 amide bonds. The number of rotatable bonds is 3. The highest BCUT2D eigenvalue weighted by Gasteiger charge is 2.35. The minimum Gasteiger partial charge on any atom is -0.378 e. The van der Waals surface area contributed by atoms with Crippen molar-refractivity contribution in [1.82, 2.24) is 15.0 Å². The average Bonchev–Trinajstić information content (AvgIpc) is 2.73. The number of aryl methyl sites for hydroxylation is 1. The molecule has 8 nitrogen and oxygen atoms in total. The molecule has 3 rings (SSSR count). The van der Waals surface area contributed by atoms with E-state index in [1.165, 1.54) is 18.5 Å². The molecule has 4 N–H and O–H groups in total. The molecule has 0 fully saturated rings. The van der Waals surface area contributed by atoms with Gasteiger partial charge in [-0.25, -0.2) is 9.97 Å². The van der Waals surface area contributed by atoms with Crippen molar-refractivity contribution < 1.29 is 18.0 Å². The number of aromatic nitrogens is 3. The molecule has 0 atom stereocenters. The van der Waals surface area contributed by atoms with Gasteiger partial charge < -0.3 is 11.1 Å². The van der Waals surface area contributed by atoms with Gasteiger partial charge in [-0.1, -0.05) is 26.8 Å². The van der Waals surface area contributed by atoms with Gasteiger partial charge in [0.25, 0.3) is 5.91 Å². The Bertz CT molecular complexity index is 1300. The van der Waals surface area contributed by atoms with Crippen LogP contribution in [0.25, 0.3) is 11.0 Å². The summed E-state index contributed by atoms with van der Waals surface area (Å²) < 4.78 is 37.5. The number of nitrogens with zero attached hydrogens (tertiary/aromatic N) is 4. The van der Waals surface area contributed by atoms with Gasteiger partial charge in [-0.15, -0.1) is 0 Å². The van der Waals surface area contributed by atoms with E-state index in [4.69, 9.17) is 11.1 Å². The predicted molar refractivity (Wildman–Crippen MR) is 128 cm³/mol. The molecule has 0 spiro atoms. The molecule has 34 heavy (non-hydrogen) atoms. The maximum absolute atomic E-state index is 12.5. The SMILES string of the molecule is Cc1ccc(C(=O)N=C(N)SC(=N)C(F)(F)F)cc1Nc1ncnc2cc(C(C)(C)C)cnc12. The highest BCUT2D eigenvalue weighted by atomic mass is 32.2. The lowest BCUT2D eigenvalue weighted by molar-refractivity contribution is -0.0560. The third kappa shape index (κ3) is 5.87. The number of halogens is 3. The Labute approximate surface area is 197 Å². The fourth-order valence-corrected chi connectivity index (χ4v) is 3.27. The summed E-state index contributed by atoms with van der Waals surface area (Å²) in [7, 11) is 0. The molecule has 3 aromatic rings. The van der Waals surface area contributed by atoms with Crippen molar-refractivity contribution in [2.24, 2.45) is 10.7 Å². The van der Waals surface area contributed by atoms with Crippen LogP contribution in [0.2, 0.25) is 0 Å². The topological polar surface area (TPSA) is 130 Å². The highest BCUT2D eigenvalue weighted by molar-refractivity contribution is 8.26. The van der Waals surface area contributed by atoms with Crippen LogP contribution >= 0.6 is 11.8 Å². The summed E-state index contributed by atoms with van der Waals surface area (Å²) in [5, 5.41) is 7.76. The first-order valence-electron chi connectivity index (χ1n) is 9.96. The number of carbonyl (C=O) groups excluding carboxylic acids is 1. The van der Waals surface area contributed by atoms with Gasteiger partial charge in [0.05, 0.1) is 5.52 Å². The van der Waals surface area contributed by atoms with Gasteiger partial charge in [0.15, 0.2) is 16.0 Å². The minimum atomic E-state index is -4.86. The summed E-state index contributed by atoms with van der Waals surface area (Å²) in [5.41, 5.74) is 8.91. The van der Waals surface area contributed by atoms with E-state index < -0.39 is 22.3 Å². The molecule has 2 heterocycles. The van der Waals surface area contributed by atoms with E-state index in [1.54, 1.807) is 12.3 Å². The second kappa shape index (κ2) is 9.37. The largest absolute Gasteiger partial charge is 0.439 e. The van der Waals surface area contributed by atoms with Crippen molar-refractivity contribution in [3.8, 4) is 0 Å². The number of hydrogen-bond donors (Lipinski definition) is 3. The Balaban J connectivity index is 1.89. The first-order chi connectivity index (χ1) is 15.8. The Morgan fingerprint density at radius 3 is 2.50 bits per heavy atom. The minimum absolute atomic E-state index is 0.0940. The summed E-state index contributed by atoms with van der Waals surface area (Å²) in [6, 6.07) is 6.56. The van der Waals surface area contributed by atoms with Gasteiger partial charge in [-0.3, -0.25) is 15.2 Å². The van der Waals surface area contributed by atoms with Crippen molar-refractivity contribution in [3.05, 3.63) is 53.5 Å². The zero-order valence-corrected chi connectivity index (χ0v) is 19.6. The molecule has 178 valence electrons. The molecule has 0 radical (unpaired) electrons. The van der Waals surface area contributed by atoms with Crippen LogP contribution in [0.15, 0.2) is 41.8 Å². The van der Waals surface area contributed by atoms with Crippen molar-refractivity contribution in [3.63, 3.8) is 0 Å². The Morgan fingerprint density at radius 2 is 1.85 bits per heavy atom. The van der Waals surface area contributed by atoms with E-state index in [-0.39, 0.29) is 22.7 Å². The lowest BCUT2D eigenvalue weighted by atomic mass is 9.88. The van der Waals surface area contributed by atoms with Crippen LogP contribution in [0.5, 0.6) is 0 Å². The number of carbonyl (C=O) groups is 1. The normalized spacial score (nSPS) is 12.6. The number of nitrogens with two attached hydrogens (primary N) is 1. The number of benzene rings is 1. The summed E-state index contributed by atoms with van der Waals surface area (Å²) in [5.74, 6) is -0.418. The van der Waals surface area contributed by atoms with Crippen LogP contribution in [0.4, 0.5) is 24.7 Å². The number of anilines is 2. The smallest absolute Gasteiger partial charge is 0.378 e. The number of alkyl halides is 3. The van der Waals surface area contributed by atoms with Crippen molar-refractivity contribution in [2.45, 2.75) is 39.3 Å². The number of hydrogen-bond acceptors (Lipinski definition) is 7. The fourth-order valence-electron chi connectivity index (χ4n) is 2.81. The molecular weight excluding hydrogens is 467 g/mol. The van der Waals surface area contributed by atoms with Gasteiger partial charge in [0, 0.05) is 17.4 Å². The number of pyridine rings is 1. The van der Waals surface area contributed by atoms with Gasteiger partial charge in [-0.05, 0) is 53.4 Å². The number of fused-ring (bicyclic) bond motifs is 1. The van der Waals surface area contributed by atoms with Crippen molar-refractivity contribution in [1.29, 1.82) is 5.41 Å². The molecule has 1 aromatic carbocycles. The molecule has 2 aromatic heterocycles. The van der Waals surface area contributed by atoms with E-state index in [9.17, 15) is 18.0 Å². The molecular formula is C22H22F3N7OS. The van der Waals surface area contributed by atoms with E-state index in [1.807, 2.05) is 13.0 Å². The van der Waals surface area contributed by atoms with E-state index >= 15 is 0 Å². The zero-order valence-electron chi connectivity index (χ0n) is 18.8. The summed E-state index contributed by atoms with van der Waals surface area (Å²) >= 11 is -0.132. The number of aliphatic imine (C=N–C) groups is 1. The standard InChI is InChI=1S/C22H22F3N7OS/c1-11-5-6-12(18(33)32-20(27)34-19(26)22(23,24)25)7-14(11)31-17-16-15(29-10-30-17)8-13(9-28-16)21(2,3)4/h5-10,26H,1-4H3,(H2,27,32,33)(H,29,30,31).